The van der Waals surface area contributed by atoms with Crippen LogP contribution in [0.15, 0.2) is 11.6 Å². The molecule has 8 atom stereocenters. The Balaban J connectivity index is 1.45. The maximum Gasteiger partial charge on any atom is 0.245 e. The van der Waals surface area contributed by atoms with Gasteiger partial charge in [-0.05, 0) is 112 Å². The molecule has 35 heavy (non-hydrogen) atoms. The molecule has 8 unspecified atom stereocenters. The van der Waals surface area contributed by atoms with E-state index in [1.165, 1.54) is 46.0 Å². The predicted molar refractivity (Wildman–Crippen MR) is 136 cm³/mol. The van der Waals surface area contributed by atoms with Crippen molar-refractivity contribution in [2.75, 3.05) is 6.61 Å². The summed E-state index contributed by atoms with van der Waals surface area (Å²) in [5, 5.41) is 21.4. The van der Waals surface area contributed by atoms with Crippen LogP contribution in [0.4, 0.5) is 8.78 Å². The first-order valence-electron chi connectivity index (χ1n) is 14.2. The maximum atomic E-state index is 13.3. The van der Waals surface area contributed by atoms with Crippen LogP contribution in [0, 0.1) is 39.9 Å². The number of hydrogen-bond acceptors (Lipinski definition) is 3. The van der Waals surface area contributed by atoms with Gasteiger partial charge in [0.25, 0.3) is 0 Å². The first kappa shape index (κ1) is 27.5. The van der Waals surface area contributed by atoms with Crippen LogP contribution in [-0.2, 0) is 4.74 Å². The highest BCUT2D eigenvalue weighted by Crippen LogP contribution is 2.66. The molecule has 0 saturated heterocycles. The fourth-order valence-electron chi connectivity index (χ4n) is 8.63. The minimum Gasteiger partial charge on any atom is -0.390 e. The summed E-state index contributed by atoms with van der Waals surface area (Å²) < 4.78 is 32.5. The van der Waals surface area contributed by atoms with E-state index >= 15 is 0 Å². The molecule has 0 radical (unpaired) electrons. The third-order valence-corrected chi connectivity index (χ3v) is 10.9. The van der Waals surface area contributed by atoms with Crippen molar-refractivity contribution in [3.63, 3.8) is 0 Å². The zero-order chi connectivity index (χ0) is 25.8. The Morgan fingerprint density at radius 2 is 1.77 bits per heavy atom. The Morgan fingerprint density at radius 3 is 2.43 bits per heavy atom. The first-order chi connectivity index (χ1) is 16.2. The van der Waals surface area contributed by atoms with Crippen molar-refractivity contribution in [3.8, 4) is 0 Å². The average Bonchev–Trinajstić information content (AvgIpc) is 3.08. The Hall–Kier alpha value is -0.520. The zero-order valence-corrected chi connectivity index (χ0v) is 23.0. The molecule has 0 heterocycles. The second kappa shape index (κ2) is 9.66. The van der Waals surface area contributed by atoms with E-state index in [1.54, 1.807) is 0 Å². The summed E-state index contributed by atoms with van der Waals surface area (Å²) in [5.41, 5.74) is -0.281. The molecule has 4 aliphatic carbocycles. The highest BCUT2D eigenvalue weighted by molar-refractivity contribution is 5.29. The lowest BCUT2D eigenvalue weighted by atomic mass is 9.47. The number of fused-ring (bicyclic) bond motifs is 5. The maximum absolute atomic E-state index is 13.3. The molecule has 3 saturated carbocycles. The Labute approximate surface area is 212 Å². The smallest absolute Gasteiger partial charge is 0.245 e. The summed E-state index contributed by atoms with van der Waals surface area (Å²) in [7, 11) is 0. The number of hydrogen-bond donors (Lipinski definition) is 2. The number of aliphatic hydroxyl groups excluding tert-OH is 1. The minimum atomic E-state index is -2.44. The van der Waals surface area contributed by atoms with Gasteiger partial charge in [-0.2, -0.15) is 0 Å². The largest absolute Gasteiger partial charge is 0.390 e. The van der Waals surface area contributed by atoms with E-state index < -0.39 is 23.5 Å². The Bertz CT molecular complexity index is 787. The second-order valence-electron chi connectivity index (χ2n) is 14.3. The van der Waals surface area contributed by atoms with Gasteiger partial charge in [-0.15, -0.1) is 0 Å². The fourth-order valence-corrected chi connectivity index (χ4v) is 8.63. The zero-order valence-electron chi connectivity index (χ0n) is 23.0. The molecule has 0 aliphatic heterocycles. The molecule has 5 heteroatoms. The van der Waals surface area contributed by atoms with Gasteiger partial charge < -0.3 is 14.9 Å². The third-order valence-electron chi connectivity index (χ3n) is 10.9. The van der Waals surface area contributed by atoms with Gasteiger partial charge in [0, 0.05) is 5.41 Å². The number of halogens is 2. The standard InChI is InChI=1S/C30H50F2O3/c1-27(2,26(31)32)18-35-24-14-17-30(6)22-13-16-29(5)19(8-7-15-28(3,4)34)9-11-21(29)20(22)10-12-23(30)25(24)33/h12,19-22,24-26,33-34H,7-11,13-18H2,1-6H3. The van der Waals surface area contributed by atoms with Crippen LogP contribution in [0.1, 0.15) is 106 Å². The SMILES string of the molecule is CC(C)(O)CCCC1CCC2C3CC=C4C(O)C(OCC(C)(C)C(F)F)CCC4(C)C3CCC12C. The molecule has 0 bridgehead atoms. The molecular weight excluding hydrogens is 446 g/mol. The van der Waals surface area contributed by atoms with Gasteiger partial charge >= 0.3 is 0 Å². The molecule has 3 nitrogen and oxygen atoms in total. The number of allylic oxidation sites excluding steroid dienone is 1. The summed E-state index contributed by atoms with van der Waals surface area (Å²) in [5.74, 6) is 2.75. The monoisotopic (exact) mass is 496 g/mol. The third kappa shape index (κ3) is 5.12. The van der Waals surface area contributed by atoms with Crippen LogP contribution in [0.2, 0.25) is 0 Å². The lowest BCUT2D eigenvalue weighted by Gasteiger charge is -2.59. The van der Waals surface area contributed by atoms with E-state index in [9.17, 15) is 19.0 Å². The molecule has 4 rings (SSSR count). The van der Waals surface area contributed by atoms with E-state index in [4.69, 9.17) is 4.74 Å². The fraction of sp³-hybridized carbons (Fsp3) is 0.933. The van der Waals surface area contributed by atoms with Gasteiger partial charge in [0.05, 0.1) is 18.3 Å². The number of rotatable bonds is 8. The van der Waals surface area contributed by atoms with Crippen LogP contribution < -0.4 is 0 Å². The molecule has 0 aromatic heterocycles. The molecule has 0 spiro atoms. The van der Waals surface area contributed by atoms with Gasteiger partial charge in [0.1, 0.15) is 6.10 Å². The molecule has 0 aromatic rings. The second-order valence-corrected chi connectivity index (χ2v) is 14.3. The molecule has 0 amide bonds. The Kier molecular flexibility index (Phi) is 7.59. The van der Waals surface area contributed by atoms with Gasteiger partial charge in [-0.25, -0.2) is 8.78 Å². The van der Waals surface area contributed by atoms with E-state index in [-0.39, 0.29) is 18.1 Å². The summed E-state index contributed by atoms with van der Waals surface area (Å²) in [6.45, 7) is 11.8. The topological polar surface area (TPSA) is 49.7 Å². The van der Waals surface area contributed by atoms with Crippen LogP contribution in [0.3, 0.4) is 0 Å². The van der Waals surface area contributed by atoms with Crippen molar-refractivity contribution < 1.29 is 23.7 Å². The van der Waals surface area contributed by atoms with E-state index in [2.05, 4.69) is 19.9 Å². The van der Waals surface area contributed by atoms with Crippen molar-refractivity contribution >= 4 is 0 Å². The van der Waals surface area contributed by atoms with Crippen molar-refractivity contribution in [1.82, 2.24) is 0 Å². The van der Waals surface area contributed by atoms with Gasteiger partial charge in [0.2, 0.25) is 6.43 Å². The van der Waals surface area contributed by atoms with Crippen LogP contribution in [0.5, 0.6) is 0 Å². The van der Waals surface area contributed by atoms with Crippen LogP contribution in [-0.4, -0.2) is 41.1 Å². The van der Waals surface area contributed by atoms with Gasteiger partial charge in [-0.3, -0.25) is 0 Å². The van der Waals surface area contributed by atoms with Gasteiger partial charge in [0.15, 0.2) is 0 Å². The number of ether oxygens (including phenoxy) is 1. The molecule has 0 aromatic carbocycles. The van der Waals surface area contributed by atoms with Crippen molar-refractivity contribution in [3.05, 3.63) is 11.6 Å². The Morgan fingerprint density at radius 1 is 1.06 bits per heavy atom. The highest BCUT2D eigenvalue weighted by atomic mass is 19.3. The lowest BCUT2D eigenvalue weighted by molar-refractivity contribution is -0.123. The molecule has 2 N–H and O–H groups in total. The molecule has 202 valence electrons. The number of aliphatic hydroxyl groups is 2. The van der Waals surface area contributed by atoms with E-state index in [0.29, 0.717) is 17.3 Å². The molecular formula is C30H50F2O3. The van der Waals surface area contributed by atoms with Crippen molar-refractivity contribution in [1.29, 1.82) is 0 Å². The average molecular weight is 497 g/mol. The lowest BCUT2D eigenvalue weighted by Crippen LogP contribution is -2.54. The van der Waals surface area contributed by atoms with Crippen LogP contribution in [0.25, 0.3) is 0 Å². The van der Waals surface area contributed by atoms with Gasteiger partial charge in [-0.1, -0.05) is 40.2 Å². The minimum absolute atomic E-state index is 0.0131. The summed E-state index contributed by atoms with van der Waals surface area (Å²) in [6, 6.07) is 0. The predicted octanol–water partition coefficient (Wildman–Crippen LogP) is 7.15. The van der Waals surface area contributed by atoms with Crippen LogP contribution >= 0.6 is 0 Å². The van der Waals surface area contributed by atoms with E-state index in [0.717, 1.165) is 49.5 Å². The van der Waals surface area contributed by atoms with E-state index in [1.807, 2.05) is 13.8 Å². The highest BCUT2D eigenvalue weighted by Gasteiger charge is 2.59. The van der Waals surface area contributed by atoms with Crippen molar-refractivity contribution in [2.45, 2.75) is 130 Å². The summed E-state index contributed by atoms with van der Waals surface area (Å²) in [6.07, 6.45) is 9.81. The summed E-state index contributed by atoms with van der Waals surface area (Å²) in [4.78, 5) is 0. The molecule has 3 fully saturated rings. The first-order valence-corrected chi connectivity index (χ1v) is 14.2. The normalized spacial score (nSPS) is 41.9. The quantitative estimate of drug-likeness (QED) is 0.351. The molecule has 4 aliphatic rings. The van der Waals surface area contributed by atoms with Crippen molar-refractivity contribution in [2.24, 2.45) is 39.9 Å². The summed E-state index contributed by atoms with van der Waals surface area (Å²) >= 11 is 0. The number of alkyl halides is 2.